The minimum absolute atomic E-state index is 0.0269. The Morgan fingerprint density at radius 1 is 1.06 bits per heavy atom. The van der Waals surface area contributed by atoms with E-state index in [2.05, 4.69) is 5.32 Å². The van der Waals surface area contributed by atoms with Crippen LogP contribution in [0, 0.1) is 11.3 Å². The third-order valence-corrected chi connectivity index (χ3v) is 5.51. The van der Waals surface area contributed by atoms with Crippen LogP contribution in [0.25, 0.3) is 6.08 Å². The van der Waals surface area contributed by atoms with Gasteiger partial charge in [0.15, 0.2) is 0 Å². The van der Waals surface area contributed by atoms with E-state index in [0.717, 1.165) is 5.56 Å². The van der Waals surface area contributed by atoms with Crippen molar-refractivity contribution in [2.75, 3.05) is 32.8 Å². The van der Waals surface area contributed by atoms with Gasteiger partial charge in [0, 0.05) is 33.1 Å². The number of carbonyl (C=O) groups is 3. The van der Waals surface area contributed by atoms with Crippen LogP contribution in [0.2, 0.25) is 0 Å². The van der Waals surface area contributed by atoms with Crippen molar-refractivity contribution in [3.63, 3.8) is 0 Å². The highest BCUT2D eigenvalue weighted by molar-refractivity contribution is 6.01. The molecule has 0 aromatic heterocycles. The fraction of sp³-hybridized carbons (Fsp3) is 0.308. The fourth-order valence-corrected chi connectivity index (χ4v) is 3.69. The van der Waals surface area contributed by atoms with Crippen molar-refractivity contribution < 1.29 is 24.2 Å². The molecule has 2 N–H and O–H groups in total. The van der Waals surface area contributed by atoms with E-state index in [1.165, 1.54) is 30.0 Å². The smallest absolute Gasteiger partial charge is 0.264 e. The first-order chi connectivity index (χ1) is 16.9. The first kappa shape index (κ1) is 25.5. The van der Waals surface area contributed by atoms with Gasteiger partial charge in [-0.1, -0.05) is 42.5 Å². The third kappa shape index (κ3) is 7.42. The molecule has 0 bridgehead atoms. The average molecular weight is 477 g/mol. The summed E-state index contributed by atoms with van der Waals surface area (Å²) in [6, 6.07) is 16.8. The maximum absolute atomic E-state index is 13.1. The Hall–Kier alpha value is -4.16. The molecule has 0 saturated carbocycles. The third-order valence-electron chi connectivity index (χ3n) is 5.51. The molecule has 2 aromatic rings. The lowest BCUT2D eigenvalue weighted by Gasteiger charge is -2.36. The predicted octanol–water partition coefficient (Wildman–Crippen LogP) is 1.69. The first-order valence-corrected chi connectivity index (χ1v) is 11.2. The molecule has 1 aliphatic rings. The van der Waals surface area contributed by atoms with Gasteiger partial charge in [-0.25, -0.2) is 0 Å². The van der Waals surface area contributed by atoms with Gasteiger partial charge < -0.3 is 25.0 Å². The van der Waals surface area contributed by atoms with Crippen LogP contribution in [0.5, 0.6) is 5.75 Å². The van der Waals surface area contributed by atoms with Crippen molar-refractivity contribution in [1.82, 2.24) is 15.1 Å². The molecular weight excluding hydrogens is 448 g/mol. The Bertz CT molecular complexity index is 1100. The second-order valence-corrected chi connectivity index (χ2v) is 8.13. The van der Waals surface area contributed by atoms with Crippen LogP contribution in [0.1, 0.15) is 18.1 Å². The molecule has 0 aliphatic carbocycles. The van der Waals surface area contributed by atoms with Crippen LogP contribution in [0.3, 0.4) is 0 Å². The second-order valence-electron chi connectivity index (χ2n) is 8.13. The molecule has 3 amide bonds. The molecule has 1 atom stereocenters. The van der Waals surface area contributed by atoms with E-state index in [1.54, 1.807) is 17.0 Å². The molecule has 2 aromatic carbocycles. The molecule has 9 nitrogen and oxygen atoms in total. The van der Waals surface area contributed by atoms with Crippen LogP contribution in [-0.2, 0) is 25.7 Å². The lowest BCUT2D eigenvalue weighted by molar-refractivity contribution is -0.142. The number of aromatic hydroxyl groups is 1. The van der Waals surface area contributed by atoms with Crippen molar-refractivity contribution in [3.8, 4) is 11.8 Å². The number of nitriles is 1. The number of piperazine rings is 1. The maximum Gasteiger partial charge on any atom is 0.264 e. The zero-order valence-corrected chi connectivity index (χ0v) is 19.5. The highest BCUT2D eigenvalue weighted by atomic mass is 16.5. The Kier molecular flexibility index (Phi) is 8.98. The van der Waals surface area contributed by atoms with Crippen LogP contribution in [0.15, 0.2) is 60.2 Å². The minimum atomic E-state index is -0.831. The summed E-state index contributed by atoms with van der Waals surface area (Å²) in [5, 5.41) is 21.5. The van der Waals surface area contributed by atoms with Gasteiger partial charge in [0.1, 0.15) is 23.4 Å². The monoisotopic (exact) mass is 476 g/mol. The van der Waals surface area contributed by atoms with Crippen molar-refractivity contribution in [1.29, 1.82) is 5.26 Å². The number of carbonyl (C=O) groups excluding carboxylic acids is 3. The molecule has 1 aliphatic heterocycles. The number of hydrogen-bond acceptors (Lipinski definition) is 6. The number of amides is 3. The molecule has 0 unspecified atom stereocenters. The molecule has 3 rings (SSSR count). The SMILES string of the molecule is CC(=O)N[C@H](COCc1ccccc1)C(=O)N1CCN(C(=O)/C(C#N)=C/c2ccc(O)cc2)CC1. The average Bonchev–Trinajstić information content (AvgIpc) is 2.87. The molecule has 35 heavy (non-hydrogen) atoms. The van der Waals surface area contributed by atoms with Gasteiger partial charge in [-0.05, 0) is 29.3 Å². The van der Waals surface area contributed by atoms with Gasteiger partial charge in [-0.2, -0.15) is 5.26 Å². The van der Waals surface area contributed by atoms with Crippen molar-refractivity contribution >= 4 is 23.8 Å². The van der Waals surface area contributed by atoms with Crippen molar-refractivity contribution in [2.45, 2.75) is 19.6 Å². The summed E-state index contributed by atoms with van der Waals surface area (Å²) < 4.78 is 5.68. The number of rotatable bonds is 8. The predicted molar refractivity (Wildman–Crippen MR) is 129 cm³/mol. The van der Waals surface area contributed by atoms with E-state index in [9.17, 15) is 24.8 Å². The fourth-order valence-electron chi connectivity index (χ4n) is 3.69. The van der Waals surface area contributed by atoms with Gasteiger partial charge in [-0.3, -0.25) is 14.4 Å². The van der Waals surface area contributed by atoms with Crippen molar-refractivity contribution in [2.24, 2.45) is 0 Å². The highest BCUT2D eigenvalue weighted by Crippen LogP contribution is 2.15. The van der Waals surface area contributed by atoms with E-state index in [4.69, 9.17) is 4.74 Å². The largest absolute Gasteiger partial charge is 0.508 e. The summed E-state index contributed by atoms with van der Waals surface area (Å²) in [5.41, 5.74) is 1.55. The first-order valence-electron chi connectivity index (χ1n) is 11.2. The number of hydrogen-bond donors (Lipinski definition) is 2. The Labute approximate surface area is 204 Å². The molecule has 1 fully saturated rings. The maximum atomic E-state index is 13.1. The zero-order valence-electron chi connectivity index (χ0n) is 19.5. The number of nitrogens with zero attached hydrogens (tertiary/aromatic N) is 3. The standard InChI is InChI=1S/C26H28N4O5/c1-19(31)28-24(18-35-17-21-5-3-2-4-6-21)26(34)30-13-11-29(12-14-30)25(33)22(16-27)15-20-7-9-23(32)10-8-20/h2-10,15,24,32H,11-14,17-18H2,1H3,(H,28,31)/b22-15+/t24-/m1/s1. The van der Waals surface area contributed by atoms with Crippen LogP contribution in [-0.4, -0.2) is 71.5 Å². The summed E-state index contributed by atoms with van der Waals surface area (Å²) in [6.07, 6.45) is 1.47. The Morgan fingerprint density at radius 3 is 2.29 bits per heavy atom. The van der Waals surface area contributed by atoms with Gasteiger partial charge in [0.2, 0.25) is 11.8 Å². The van der Waals surface area contributed by atoms with E-state index in [-0.39, 0.29) is 55.9 Å². The molecule has 9 heteroatoms. The second kappa shape index (κ2) is 12.3. The summed E-state index contributed by atoms with van der Waals surface area (Å²) in [6.45, 7) is 2.76. The van der Waals surface area contributed by atoms with Crippen LogP contribution >= 0.6 is 0 Å². The van der Waals surface area contributed by atoms with Crippen molar-refractivity contribution in [3.05, 3.63) is 71.3 Å². The minimum Gasteiger partial charge on any atom is -0.508 e. The molecule has 182 valence electrons. The van der Waals surface area contributed by atoms with E-state index < -0.39 is 11.9 Å². The van der Waals surface area contributed by atoms with E-state index in [1.807, 2.05) is 36.4 Å². The van der Waals surface area contributed by atoms with Gasteiger partial charge in [0.25, 0.3) is 5.91 Å². The molecule has 0 radical (unpaired) electrons. The Morgan fingerprint density at radius 2 is 1.69 bits per heavy atom. The van der Waals surface area contributed by atoms with E-state index >= 15 is 0 Å². The number of nitrogens with one attached hydrogen (secondary N) is 1. The van der Waals surface area contributed by atoms with Crippen LogP contribution < -0.4 is 5.32 Å². The molecule has 0 spiro atoms. The van der Waals surface area contributed by atoms with Gasteiger partial charge in [0.05, 0.1) is 13.2 Å². The van der Waals surface area contributed by atoms with Gasteiger partial charge >= 0.3 is 0 Å². The topological polar surface area (TPSA) is 123 Å². The van der Waals surface area contributed by atoms with E-state index in [0.29, 0.717) is 12.2 Å². The van der Waals surface area contributed by atoms with Gasteiger partial charge in [-0.15, -0.1) is 0 Å². The lowest BCUT2D eigenvalue weighted by Crippen LogP contribution is -2.56. The Balaban J connectivity index is 1.57. The highest BCUT2D eigenvalue weighted by Gasteiger charge is 2.30. The van der Waals surface area contributed by atoms with Crippen LogP contribution in [0.4, 0.5) is 0 Å². The summed E-state index contributed by atoms with van der Waals surface area (Å²) >= 11 is 0. The zero-order chi connectivity index (χ0) is 25.2. The number of benzene rings is 2. The molecular formula is C26H28N4O5. The molecule has 1 saturated heterocycles. The summed E-state index contributed by atoms with van der Waals surface area (Å²) in [4.78, 5) is 40.7. The number of ether oxygens (including phenoxy) is 1. The normalized spacial score (nSPS) is 14.7. The lowest BCUT2D eigenvalue weighted by atomic mass is 10.1. The summed E-state index contributed by atoms with van der Waals surface area (Å²) in [5.74, 6) is -0.938. The number of phenols is 1. The summed E-state index contributed by atoms with van der Waals surface area (Å²) in [7, 11) is 0. The number of phenolic OH excluding ortho intramolecular Hbond substituents is 1. The quantitative estimate of drug-likeness (QED) is 0.442. The molecule has 1 heterocycles.